The van der Waals surface area contributed by atoms with E-state index in [-0.39, 0.29) is 11.3 Å². The lowest BCUT2D eigenvalue weighted by Crippen LogP contribution is -2.23. The largest absolute Gasteiger partial charge is 0.416 e. The maximum atomic E-state index is 14.5. The van der Waals surface area contributed by atoms with Gasteiger partial charge in [0.1, 0.15) is 12.1 Å². The van der Waals surface area contributed by atoms with Crippen LogP contribution in [0.25, 0.3) is 17.0 Å². The van der Waals surface area contributed by atoms with Gasteiger partial charge in [-0.3, -0.25) is 4.40 Å². The summed E-state index contributed by atoms with van der Waals surface area (Å²) in [6, 6.07) is 6.85. The van der Waals surface area contributed by atoms with Crippen molar-refractivity contribution in [3.05, 3.63) is 59.8 Å². The molecule has 1 aliphatic heterocycles. The van der Waals surface area contributed by atoms with E-state index in [0.29, 0.717) is 11.6 Å². The quantitative estimate of drug-likeness (QED) is 0.189. The van der Waals surface area contributed by atoms with Crippen molar-refractivity contribution < 1.29 is 17.6 Å². The van der Waals surface area contributed by atoms with Crippen LogP contribution in [0, 0.1) is 11.2 Å². The summed E-state index contributed by atoms with van der Waals surface area (Å²) in [6.07, 6.45) is 1.77. The van der Waals surface area contributed by atoms with E-state index in [4.69, 9.17) is 0 Å². The molecule has 0 N–H and O–H groups in total. The molecule has 0 amide bonds. The fourth-order valence-corrected chi connectivity index (χ4v) is 6.33. The number of hydrogen-bond acceptors (Lipinski definition) is 6. The van der Waals surface area contributed by atoms with Crippen LogP contribution in [0.1, 0.15) is 36.3 Å². The zero-order valence-corrected chi connectivity index (χ0v) is 20.9. The summed E-state index contributed by atoms with van der Waals surface area (Å²) in [4.78, 5) is 2.39. The van der Waals surface area contributed by atoms with Crippen molar-refractivity contribution in [1.29, 1.82) is 0 Å². The molecule has 2 fully saturated rings. The summed E-state index contributed by atoms with van der Waals surface area (Å²) in [5.41, 5.74) is 1.16. The SMILES string of the molecule is Cn1c(SCCCN2CC[C@]3(C[C@@H]3c3ccc(C(F)(F)F)cc3F)C2)nnc1-c1ccn2cnnc2c1. The number of nitrogens with zero attached hydrogens (tertiary/aromatic N) is 7. The fourth-order valence-electron chi connectivity index (χ4n) is 5.50. The Morgan fingerprint density at radius 3 is 2.81 bits per heavy atom. The molecule has 12 heteroatoms. The lowest BCUT2D eigenvalue weighted by Gasteiger charge is -2.16. The molecule has 1 aliphatic carbocycles. The highest BCUT2D eigenvalue weighted by Crippen LogP contribution is 2.64. The number of pyridine rings is 1. The third-order valence-corrected chi connectivity index (χ3v) is 8.71. The van der Waals surface area contributed by atoms with Crippen LogP contribution in [0.3, 0.4) is 0 Å². The summed E-state index contributed by atoms with van der Waals surface area (Å²) in [5, 5.41) is 17.5. The molecule has 6 rings (SSSR count). The van der Waals surface area contributed by atoms with Crippen LogP contribution >= 0.6 is 11.8 Å². The number of likely N-dealkylation sites (tertiary alicyclic amines) is 1. The number of fused-ring (bicyclic) bond motifs is 1. The molecule has 0 unspecified atom stereocenters. The van der Waals surface area contributed by atoms with Crippen molar-refractivity contribution in [1.82, 2.24) is 34.3 Å². The summed E-state index contributed by atoms with van der Waals surface area (Å²) in [7, 11) is 1.95. The van der Waals surface area contributed by atoms with Crippen LogP contribution in [-0.2, 0) is 13.2 Å². The predicted molar refractivity (Wildman–Crippen MR) is 131 cm³/mol. The summed E-state index contributed by atoms with van der Waals surface area (Å²) in [5.74, 6) is 0.916. The third kappa shape index (κ3) is 4.61. The second kappa shape index (κ2) is 9.09. The van der Waals surface area contributed by atoms with Crippen molar-refractivity contribution in [2.45, 2.75) is 36.5 Å². The first-order valence-electron chi connectivity index (χ1n) is 12.1. The average Bonchev–Trinajstić information content (AvgIpc) is 3.19. The molecule has 1 saturated heterocycles. The first-order valence-corrected chi connectivity index (χ1v) is 13.1. The summed E-state index contributed by atoms with van der Waals surface area (Å²) in [6.45, 7) is 2.72. The molecule has 0 radical (unpaired) electrons. The number of rotatable bonds is 7. The number of aromatic nitrogens is 6. The molecule has 1 aromatic carbocycles. The minimum atomic E-state index is -4.53. The van der Waals surface area contributed by atoms with Gasteiger partial charge in [-0.25, -0.2) is 4.39 Å². The molecule has 2 aliphatic rings. The van der Waals surface area contributed by atoms with Gasteiger partial charge in [0, 0.05) is 31.1 Å². The Balaban J connectivity index is 1.00. The Hall–Kier alpha value is -2.99. The molecule has 1 spiro atoms. The predicted octanol–water partition coefficient (Wildman–Crippen LogP) is 5.04. The Morgan fingerprint density at radius 1 is 1.14 bits per heavy atom. The Bertz CT molecular complexity index is 1450. The second-order valence-corrected chi connectivity index (χ2v) is 11.0. The van der Waals surface area contributed by atoms with Crippen LogP contribution in [-0.4, -0.2) is 59.6 Å². The van der Waals surface area contributed by atoms with Gasteiger partial charge in [0.25, 0.3) is 0 Å². The molecule has 4 heterocycles. The third-order valence-electron chi connectivity index (χ3n) is 7.60. The molecular weight excluding hydrogens is 506 g/mol. The van der Waals surface area contributed by atoms with E-state index >= 15 is 0 Å². The maximum absolute atomic E-state index is 14.5. The molecule has 7 nitrogen and oxygen atoms in total. The van der Waals surface area contributed by atoms with Crippen molar-refractivity contribution >= 4 is 17.4 Å². The zero-order chi connectivity index (χ0) is 25.8. The van der Waals surface area contributed by atoms with Crippen molar-refractivity contribution in [3.63, 3.8) is 0 Å². The highest BCUT2D eigenvalue weighted by atomic mass is 32.2. The molecule has 194 valence electrons. The van der Waals surface area contributed by atoms with Gasteiger partial charge in [0.15, 0.2) is 16.6 Å². The molecule has 4 aromatic rings. The minimum Gasteiger partial charge on any atom is -0.305 e. The van der Waals surface area contributed by atoms with Gasteiger partial charge < -0.3 is 9.47 Å². The molecule has 37 heavy (non-hydrogen) atoms. The summed E-state index contributed by atoms with van der Waals surface area (Å²) >= 11 is 1.66. The molecule has 2 atom stereocenters. The first kappa shape index (κ1) is 24.4. The number of benzene rings is 1. The van der Waals surface area contributed by atoms with E-state index in [9.17, 15) is 17.6 Å². The van der Waals surface area contributed by atoms with E-state index in [1.807, 2.05) is 34.3 Å². The molecule has 0 bridgehead atoms. The van der Waals surface area contributed by atoms with Crippen LogP contribution in [0.15, 0.2) is 48.0 Å². The van der Waals surface area contributed by atoms with E-state index < -0.39 is 17.6 Å². The number of alkyl halides is 3. The molecule has 3 aromatic heterocycles. The van der Waals surface area contributed by atoms with Gasteiger partial charge in [-0.2, -0.15) is 13.2 Å². The fraction of sp³-hybridized carbons (Fsp3) is 0.440. The highest BCUT2D eigenvalue weighted by molar-refractivity contribution is 7.99. The zero-order valence-electron chi connectivity index (χ0n) is 20.1. The van der Waals surface area contributed by atoms with Gasteiger partial charge in [-0.05, 0) is 73.5 Å². The van der Waals surface area contributed by atoms with E-state index in [1.165, 1.54) is 6.07 Å². The highest BCUT2D eigenvalue weighted by Gasteiger charge is 2.58. The Labute approximate surface area is 214 Å². The van der Waals surface area contributed by atoms with Crippen LogP contribution in [0.2, 0.25) is 0 Å². The van der Waals surface area contributed by atoms with Crippen LogP contribution < -0.4 is 0 Å². The Morgan fingerprint density at radius 2 is 2.00 bits per heavy atom. The van der Waals surface area contributed by atoms with Gasteiger partial charge >= 0.3 is 6.18 Å². The normalized spacial score (nSPS) is 21.9. The number of thioether (sulfide) groups is 1. The lowest BCUT2D eigenvalue weighted by molar-refractivity contribution is -0.137. The van der Waals surface area contributed by atoms with Crippen molar-refractivity contribution in [2.75, 3.05) is 25.4 Å². The average molecular weight is 532 g/mol. The van der Waals surface area contributed by atoms with Crippen molar-refractivity contribution in [3.8, 4) is 11.4 Å². The van der Waals surface area contributed by atoms with Crippen LogP contribution in [0.4, 0.5) is 17.6 Å². The lowest BCUT2D eigenvalue weighted by atomic mass is 9.97. The molecule has 1 saturated carbocycles. The van der Waals surface area contributed by atoms with E-state index in [0.717, 1.165) is 72.9 Å². The van der Waals surface area contributed by atoms with E-state index in [2.05, 4.69) is 25.3 Å². The van der Waals surface area contributed by atoms with Gasteiger partial charge in [-0.15, -0.1) is 20.4 Å². The van der Waals surface area contributed by atoms with Gasteiger partial charge in [0.2, 0.25) is 0 Å². The van der Waals surface area contributed by atoms with Crippen LogP contribution in [0.5, 0.6) is 0 Å². The molecular formula is C25H25F4N7S. The smallest absolute Gasteiger partial charge is 0.305 e. The van der Waals surface area contributed by atoms with Gasteiger partial charge in [-0.1, -0.05) is 17.8 Å². The first-order chi connectivity index (χ1) is 17.7. The number of halogens is 4. The minimum absolute atomic E-state index is 0.00228. The van der Waals surface area contributed by atoms with Gasteiger partial charge in [0.05, 0.1) is 5.56 Å². The monoisotopic (exact) mass is 531 g/mol. The van der Waals surface area contributed by atoms with Crippen molar-refractivity contribution in [2.24, 2.45) is 12.5 Å². The summed E-state index contributed by atoms with van der Waals surface area (Å²) < 4.78 is 56.9. The maximum Gasteiger partial charge on any atom is 0.416 e. The standard InChI is InChI=1S/C25H25F4N7S/c1-34-22(16-5-8-36-15-30-31-21(36)11-16)32-33-23(34)37-10-2-7-35-9-6-24(14-35)13-19(24)18-4-3-17(12-20(18)26)25(27,28)29/h3-5,8,11-12,15,19H,2,6-7,9-10,13-14H2,1H3/t19-,24+/m1/s1. The Kier molecular flexibility index (Phi) is 5.98. The number of hydrogen-bond donors (Lipinski definition) is 0. The second-order valence-electron chi connectivity index (χ2n) is 9.96. The van der Waals surface area contributed by atoms with E-state index in [1.54, 1.807) is 18.1 Å². The topological polar surface area (TPSA) is 64.1 Å².